The minimum atomic E-state index is -0.719. The normalized spacial score (nSPS) is 22.5. The van der Waals surface area contributed by atoms with E-state index < -0.39 is 5.97 Å². The van der Waals surface area contributed by atoms with E-state index in [4.69, 9.17) is 0 Å². The van der Waals surface area contributed by atoms with Crippen LogP contribution in [-0.4, -0.2) is 33.5 Å². The van der Waals surface area contributed by atoms with Gasteiger partial charge in [-0.3, -0.25) is 14.7 Å². The monoisotopic (exact) mass is 234 g/mol. The Hall–Kier alpha value is -1.42. The number of aliphatic carboxylic acids is 1. The lowest BCUT2D eigenvalue weighted by atomic mass is 10.0. The van der Waals surface area contributed by atoms with Crippen molar-refractivity contribution in [2.75, 3.05) is 6.54 Å². The van der Waals surface area contributed by atoms with E-state index >= 15 is 0 Å². The molecule has 1 N–H and O–H groups in total. The molecule has 0 saturated carbocycles. The summed E-state index contributed by atoms with van der Waals surface area (Å²) < 4.78 is 0. The average molecular weight is 234 g/mol. The van der Waals surface area contributed by atoms with E-state index in [-0.39, 0.29) is 12.1 Å². The molecule has 1 saturated heterocycles. The van der Waals surface area contributed by atoms with Crippen molar-refractivity contribution in [3.05, 3.63) is 30.1 Å². The van der Waals surface area contributed by atoms with Crippen LogP contribution in [0.3, 0.4) is 0 Å². The first-order valence-electron chi connectivity index (χ1n) is 6.12. The zero-order valence-electron chi connectivity index (χ0n) is 10.0. The summed E-state index contributed by atoms with van der Waals surface area (Å²) in [6, 6.07) is 3.78. The molecule has 2 atom stereocenters. The van der Waals surface area contributed by atoms with Gasteiger partial charge in [-0.05, 0) is 37.4 Å². The van der Waals surface area contributed by atoms with Crippen LogP contribution in [0.1, 0.15) is 37.8 Å². The molecule has 0 radical (unpaired) electrons. The molecule has 0 amide bonds. The van der Waals surface area contributed by atoms with Crippen molar-refractivity contribution >= 4 is 5.97 Å². The van der Waals surface area contributed by atoms with Crippen molar-refractivity contribution < 1.29 is 9.90 Å². The minimum Gasteiger partial charge on any atom is -0.480 e. The summed E-state index contributed by atoms with van der Waals surface area (Å²) in [7, 11) is 0. The van der Waals surface area contributed by atoms with E-state index in [2.05, 4.69) is 9.88 Å². The van der Waals surface area contributed by atoms with E-state index in [0.29, 0.717) is 6.42 Å². The maximum atomic E-state index is 11.2. The van der Waals surface area contributed by atoms with Gasteiger partial charge in [-0.15, -0.1) is 0 Å². The second kappa shape index (κ2) is 5.27. The average Bonchev–Trinajstić information content (AvgIpc) is 2.80. The zero-order chi connectivity index (χ0) is 12.3. The Morgan fingerprint density at radius 1 is 1.71 bits per heavy atom. The molecule has 0 bridgehead atoms. The van der Waals surface area contributed by atoms with E-state index in [9.17, 15) is 9.90 Å². The van der Waals surface area contributed by atoms with E-state index in [1.54, 1.807) is 6.20 Å². The quantitative estimate of drug-likeness (QED) is 0.866. The highest BCUT2D eigenvalue weighted by atomic mass is 16.4. The number of carbonyl (C=O) groups is 1. The van der Waals surface area contributed by atoms with Crippen molar-refractivity contribution in [1.82, 2.24) is 9.88 Å². The fourth-order valence-corrected chi connectivity index (χ4v) is 2.64. The molecule has 4 heteroatoms. The highest BCUT2D eigenvalue weighted by molar-refractivity contribution is 5.73. The molecule has 4 nitrogen and oxygen atoms in total. The smallest absolute Gasteiger partial charge is 0.320 e. The lowest BCUT2D eigenvalue weighted by Crippen LogP contribution is -2.40. The number of hydrogen-bond acceptors (Lipinski definition) is 3. The van der Waals surface area contributed by atoms with Gasteiger partial charge in [0.1, 0.15) is 6.04 Å². The highest BCUT2D eigenvalue weighted by Crippen LogP contribution is 2.33. The molecule has 1 aliphatic heterocycles. The van der Waals surface area contributed by atoms with Crippen LogP contribution in [0.2, 0.25) is 0 Å². The van der Waals surface area contributed by atoms with E-state index in [1.165, 1.54) is 0 Å². The lowest BCUT2D eigenvalue weighted by Gasteiger charge is -2.29. The topological polar surface area (TPSA) is 53.4 Å². The molecule has 0 aliphatic carbocycles. The Morgan fingerprint density at radius 3 is 3.12 bits per heavy atom. The van der Waals surface area contributed by atoms with Crippen molar-refractivity contribution in [2.24, 2.45) is 0 Å². The summed E-state index contributed by atoms with van der Waals surface area (Å²) in [6.07, 6.45) is 6.32. The fourth-order valence-electron chi connectivity index (χ4n) is 2.64. The number of likely N-dealkylation sites (tertiary alicyclic amines) is 1. The number of nitrogens with zero attached hydrogens (tertiary/aromatic N) is 2. The van der Waals surface area contributed by atoms with E-state index in [0.717, 1.165) is 24.9 Å². The number of aromatic nitrogens is 1. The van der Waals surface area contributed by atoms with Crippen LogP contribution in [0, 0.1) is 0 Å². The molecular weight excluding hydrogens is 216 g/mol. The Labute approximate surface area is 101 Å². The van der Waals surface area contributed by atoms with Crippen LogP contribution in [-0.2, 0) is 4.79 Å². The molecule has 0 spiro atoms. The molecule has 1 aromatic rings. The van der Waals surface area contributed by atoms with Crippen LogP contribution in [0.4, 0.5) is 0 Å². The number of carboxylic acid groups (broad SMARTS) is 1. The van der Waals surface area contributed by atoms with Gasteiger partial charge in [0.15, 0.2) is 0 Å². The molecule has 2 rings (SSSR count). The zero-order valence-corrected chi connectivity index (χ0v) is 10.0. The lowest BCUT2D eigenvalue weighted by molar-refractivity contribution is -0.143. The molecule has 2 heterocycles. The number of rotatable bonds is 4. The number of hydrogen-bond donors (Lipinski definition) is 1. The molecule has 1 aromatic heterocycles. The van der Waals surface area contributed by atoms with Crippen molar-refractivity contribution in [2.45, 2.75) is 38.3 Å². The van der Waals surface area contributed by atoms with Crippen LogP contribution < -0.4 is 0 Å². The van der Waals surface area contributed by atoms with Gasteiger partial charge >= 0.3 is 5.97 Å². The molecule has 17 heavy (non-hydrogen) atoms. The van der Waals surface area contributed by atoms with Crippen LogP contribution in [0.5, 0.6) is 0 Å². The van der Waals surface area contributed by atoms with Gasteiger partial charge in [0.25, 0.3) is 0 Å². The first-order chi connectivity index (χ1) is 8.24. The Bertz CT molecular complexity index is 380. The van der Waals surface area contributed by atoms with Gasteiger partial charge in [-0.1, -0.05) is 13.0 Å². The van der Waals surface area contributed by atoms with Gasteiger partial charge in [0.2, 0.25) is 0 Å². The predicted molar refractivity (Wildman–Crippen MR) is 64.6 cm³/mol. The molecule has 0 unspecified atom stereocenters. The van der Waals surface area contributed by atoms with E-state index in [1.807, 2.05) is 25.3 Å². The van der Waals surface area contributed by atoms with Gasteiger partial charge in [-0.2, -0.15) is 0 Å². The van der Waals surface area contributed by atoms with Crippen molar-refractivity contribution in [3.8, 4) is 0 Å². The number of pyridine rings is 1. The van der Waals surface area contributed by atoms with Crippen LogP contribution in [0.25, 0.3) is 0 Å². The Kier molecular flexibility index (Phi) is 3.74. The highest BCUT2D eigenvalue weighted by Gasteiger charge is 2.34. The third kappa shape index (κ3) is 2.47. The van der Waals surface area contributed by atoms with Crippen LogP contribution in [0.15, 0.2) is 24.5 Å². The first kappa shape index (κ1) is 12.0. The SMILES string of the molecule is CC[C@@H](C(=O)O)N1CCC[C@H]1c1cccnc1. The third-order valence-electron chi connectivity index (χ3n) is 3.44. The second-order valence-electron chi connectivity index (χ2n) is 4.44. The summed E-state index contributed by atoms with van der Waals surface area (Å²) in [5, 5.41) is 9.24. The van der Waals surface area contributed by atoms with Crippen LogP contribution >= 0.6 is 0 Å². The van der Waals surface area contributed by atoms with Gasteiger partial charge in [-0.25, -0.2) is 0 Å². The summed E-state index contributed by atoms with van der Waals surface area (Å²) in [5.41, 5.74) is 1.13. The molecular formula is C13H18N2O2. The fraction of sp³-hybridized carbons (Fsp3) is 0.538. The summed E-state index contributed by atoms with van der Waals surface area (Å²) in [4.78, 5) is 17.5. The molecule has 92 valence electrons. The molecule has 1 aliphatic rings. The maximum Gasteiger partial charge on any atom is 0.320 e. The summed E-state index contributed by atoms with van der Waals surface area (Å²) >= 11 is 0. The second-order valence-corrected chi connectivity index (χ2v) is 4.44. The van der Waals surface area contributed by atoms with Gasteiger partial charge < -0.3 is 5.11 Å². The van der Waals surface area contributed by atoms with Crippen molar-refractivity contribution in [3.63, 3.8) is 0 Å². The Morgan fingerprint density at radius 2 is 2.53 bits per heavy atom. The third-order valence-corrected chi connectivity index (χ3v) is 3.44. The summed E-state index contributed by atoms with van der Waals surface area (Å²) in [5.74, 6) is -0.719. The minimum absolute atomic E-state index is 0.213. The largest absolute Gasteiger partial charge is 0.480 e. The standard InChI is InChI=1S/C13H18N2O2/c1-2-11(13(16)17)15-8-4-6-12(15)10-5-3-7-14-9-10/h3,5,7,9,11-12H,2,4,6,8H2,1H3,(H,16,17)/t11-,12-/m0/s1. The first-order valence-corrected chi connectivity index (χ1v) is 6.12. The van der Waals surface area contributed by atoms with Gasteiger partial charge in [0, 0.05) is 18.4 Å². The van der Waals surface area contributed by atoms with Crippen molar-refractivity contribution in [1.29, 1.82) is 0 Å². The molecule has 1 fully saturated rings. The maximum absolute atomic E-state index is 11.2. The molecule has 0 aromatic carbocycles. The Balaban J connectivity index is 2.20. The van der Waals surface area contributed by atoms with Gasteiger partial charge in [0.05, 0.1) is 0 Å². The predicted octanol–water partition coefficient (Wildman–Crippen LogP) is 2.08. The number of carboxylic acids is 1. The summed E-state index contributed by atoms with van der Waals surface area (Å²) in [6.45, 7) is 2.79.